The Hall–Kier alpha value is -4.97. The maximum absolute atomic E-state index is 13.9. The van der Waals surface area contributed by atoms with Gasteiger partial charge >= 0.3 is 5.97 Å². The fourth-order valence-electron chi connectivity index (χ4n) is 4.86. The quantitative estimate of drug-likeness (QED) is 0.152. The Morgan fingerprint density at radius 2 is 1.95 bits per heavy atom. The molecule has 12 heteroatoms. The van der Waals surface area contributed by atoms with Gasteiger partial charge in [-0.05, 0) is 63.6 Å². The molecule has 1 aliphatic heterocycles. The molecule has 0 fully saturated rings. The Morgan fingerprint density at radius 1 is 1.19 bits per heavy atom. The monoisotopic (exact) mass is 603 g/mol. The van der Waals surface area contributed by atoms with Crippen LogP contribution in [0.4, 0.5) is 5.69 Å². The topological polar surface area (TPSA) is 135 Å². The van der Waals surface area contributed by atoms with Crippen molar-refractivity contribution >= 4 is 29.1 Å². The van der Waals surface area contributed by atoms with Crippen molar-refractivity contribution in [3.8, 4) is 22.8 Å². The Balaban J connectivity index is 1.65. The molecule has 1 aliphatic rings. The van der Waals surface area contributed by atoms with E-state index in [-0.39, 0.29) is 24.0 Å². The van der Waals surface area contributed by atoms with Crippen LogP contribution >= 0.6 is 11.3 Å². The van der Waals surface area contributed by atoms with Gasteiger partial charge in [0.15, 0.2) is 16.3 Å². The van der Waals surface area contributed by atoms with Crippen molar-refractivity contribution in [1.82, 2.24) is 4.57 Å². The summed E-state index contributed by atoms with van der Waals surface area (Å²) >= 11 is 1.14. The van der Waals surface area contributed by atoms with Crippen LogP contribution in [0.25, 0.3) is 17.4 Å². The molecule has 0 saturated heterocycles. The number of nitro groups is 1. The largest absolute Gasteiger partial charge is 0.493 e. The molecule has 43 heavy (non-hydrogen) atoms. The van der Waals surface area contributed by atoms with Crippen LogP contribution in [0.3, 0.4) is 0 Å². The number of rotatable bonds is 9. The highest BCUT2D eigenvalue weighted by atomic mass is 32.1. The number of allylic oxidation sites excluding steroid dienone is 1. The molecule has 0 aliphatic carbocycles. The first kappa shape index (κ1) is 29.5. The van der Waals surface area contributed by atoms with E-state index < -0.39 is 22.5 Å². The summed E-state index contributed by atoms with van der Waals surface area (Å²) in [7, 11) is 1.52. The molecule has 222 valence electrons. The highest BCUT2D eigenvalue weighted by Gasteiger charge is 2.34. The van der Waals surface area contributed by atoms with E-state index in [9.17, 15) is 19.7 Å². The molecule has 11 nitrogen and oxygen atoms in total. The van der Waals surface area contributed by atoms with Crippen LogP contribution in [0.15, 0.2) is 80.1 Å². The van der Waals surface area contributed by atoms with Gasteiger partial charge in [-0.25, -0.2) is 9.79 Å². The lowest BCUT2D eigenvalue weighted by Crippen LogP contribution is -2.40. The number of nitrogens with zero attached hydrogens (tertiary/aromatic N) is 3. The van der Waals surface area contributed by atoms with Crippen LogP contribution in [0.5, 0.6) is 11.5 Å². The Kier molecular flexibility index (Phi) is 8.31. The lowest BCUT2D eigenvalue weighted by atomic mass is 9.95. The van der Waals surface area contributed by atoms with Gasteiger partial charge in [-0.1, -0.05) is 29.5 Å². The summed E-state index contributed by atoms with van der Waals surface area (Å²) in [5.41, 5.74) is 1.10. The first-order valence-corrected chi connectivity index (χ1v) is 14.3. The van der Waals surface area contributed by atoms with Crippen molar-refractivity contribution in [3.63, 3.8) is 0 Å². The van der Waals surface area contributed by atoms with Gasteiger partial charge in [-0.15, -0.1) is 0 Å². The maximum Gasteiger partial charge on any atom is 0.338 e. The molecule has 1 unspecified atom stereocenters. The predicted octanol–water partition coefficient (Wildman–Crippen LogP) is 4.76. The number of carbonyl (C=O) groups excluding carboxylic acids is 1. The molecule has 0 bridgehead atoms. The molecule has 0 radical (unpaired) electrons. The SMILES string of the molecule is CCOC(=O)C1=C(C)N=c2sc(=Cc3ccc(-c4ccccc4[N+](=O)[O-])o3)c(=O)n2C1c1ccc(OC(C)C)c(OC)c1. The van der Waals surface area contributed by atoms with Gasteiger partial charge in [0.05, 0.1) is 52.2 Å². The molecule has 5 rings (SSSR count). The van der Waals surface area contributed by atoms with E-state index in [1.807, 2.05) is 13.8 Å². The van der Waals surface area contributed by atoms with Gasteiger partial charge in [0, 0.05) is 12.1 Å². The molecule has 2 aromatic carbocycles. The van der Waals surface area contributed by atoms with E-state index in [1.54, 1.807) is 68.5 Å². The second kappa shape index (κ2) is 12.1. The van der Waals surface area contributed by atoms with E-state index in [1.165, 1.54) is 17.7 Å². The van der Waals surface area contributed by atoms with Crippen LogP contribution in [-0.2, 0) is 9.53 Å². The van der Waals surface area contributed by atoms with Gasteiger partial charge in [-0.3, -0.25) is 19.5 Å². The number of fused-ring (bicyclic) bond motifs is 1. The number of aromatic nitrogens is 1. The summed E-state index contributed by atoms with van der Waals surface area (Å²) in [4.78, 5) is 43.2. The molecule has 0 amide bonds. The zero-order chi connectivity index (χ0) is 30.8. The van der Waals surface area contributed by atoms with Gasteiger partial charge in [0.25, 0.3) is 11.2 Å². The fourth-order valence-corrected chi connectivity index (χ4v) is 5.88. The molecular weight excluding hydrogens is 574 g/mol. The van der Waals surface area contributed by atoms with Crippen molar-refractivity contribution in [3.05, 3.63) is 107 Å². The third-order valence-corrected chi connectivity index (χ3v) is 7.63. The Labute approximate surface area is 250 Å². The number of ether oxygens (including phenoxy) is 3. The number of furan rings is 1. The zero-order valence-corrected chi connectivity index (χ0v) is 25.0. The minimum atomic E-state index is -0.849. The lowest BCUT2D eigenvalue weighted by Gasteiger charge is -2.25. The van der Waals surface area contributed by atoms with Gasteiger partial charge in [0.1, 0.15) is 11.5 Å². The summed E-state index contributed by atoms with van der Waals surface area (Å²) in [6, 6.07) is 13.9. The normalized spacial score (nSPS) is 14.8. The van der Waals surface area contributed by atoms with E-state index in [4.69, 9.17) is 18.6 Å². The molecule has 4 aromatic rings. The zero-order valence-electron chi connectivity index (χ0n) is 24.2. The second-order valence-electron chi connectivity index (χ2n) is 9.86. The highest BCUT2D eigenvalue weighted by molar-refractivity contribution is 7.07. The molecule has 1 atom stereocenters. The number of hydrogen-bond acceptors (Lipinski definition) is 10. The maximum atomic E-state index is 13.9. The molecule has 3 heterocycles. The number of para-hydroxylation sites is 1. The predicted molar refractivity (Wildman–Crippen MR) is 160 cm³/mol. The molecular formula is C31H29N3O8S. The number of carbonyl (C=O) groups is 1. The van der Waals surface area contributed by atoms with E-state index in [2.05, 4.69) is 4.99 Å². The van der Waals surface area contributed by atoms with Crippen molar-refractivity contribution in [2.24, 2.45) is 4.99 Å². The first-order chi connectivity index (χ1) is 20.6. The molecule has 0 saturated carbocycles. The van der Waals surface area contributed by atoms with Gasteiger partial charge in [-0.2, -0.15) is 0 Å². The second-order valence-corrected chi connectivity index (χ2v) is 10.9. The summed E-state index contributed by atoms with van der Waals surface area (Å²) < 4.78 is 24.5. The average molecular weight is 604 g/mol. The van der Waals surface area contributed by atoms with Crippen LogP contribution in [0, 0.1) is 10.1 Å². The van der Waals surface area contributed by atoms with Crippen LogP contribution in [0.2, 0.25) is 0 Å². The standard InChI is InChI=1S/C31H29N3O8S/c1-6-40-30(36)27-18(4)32-31-33(28(27)19-11-13-24(41-17(2)3)25(15-19)39-5)29(35)26(43-31)16-20-12-14-23(42-20)21-9-7-8-10-22(21)34(37)38/h7-17,28H,6H2,1-5H3. The van der Waals surface area contributed by atoms with E-state index in [0.717, 1.165) is 11.3 Å². The highest BCUT2D eigenvalue weighted by Crippen LogP contribution is 2.37. The molecule has 0 N–H and O–H groups in total. The number of thiazole rings is 1. The minimum Gasteiger partial charge on any atom is -0.493 e. The van der Waals surface area contributed by atoms with Crippen molar-refractivity contribution in [1.29, 1.82) is 0 Å². The average Bonchev–Trinajstić information content (AvgIpc) is 3.56. The third-order valence-electron chi connectivity index (χ3n) is 6.65. The Morgan fingerprint density at radius 3 is 2.65 bits per heavy atom. The summed E-state index contributed by atoms with van der Waals surface area (Å²) in [5, 5.41) is 11.5. The third kappa shape index (κ3) is 5.73. The van der Waals surface area contributed by atoms with Crippen molar-refractivity contribution < 1.29 is 28.3 Å². The minimum absolute atomic E-state index is 0.0926. The number of esters is 1. The fraction of sp³-hybridized carbons (Fsp3) is 0.258. The smallest absolute Gasteiger partial charge is 0.338 e. The summed E-state index contributed by atoms with van der Waals surface area (Å²) in [6.07, 6.45) is 1.47. The summed E-state index contributed by atoms with van der Waals surface area (Å²) in [5.74, 6) is 1.02. The molecule has 0 spiro atoms. The van der Waals surface area contributed by atoms with Gasteiger partial charge in [0.2, 0.25) is 0 Å². The first-order valence-electron chi connectivity index (χ1n) is 13.5. The number of nitro benzene ring substituents is 1. The van der Waals surface area contributed by atoms with Gasteiger partial charge < -0.3 is 18.6 Å². The lowest BCUT2D eigenvalue weighted by molar-refractivity contribution is -0.384. The number of hydrogen-bond donors (Lipinski definition) is 0. The summed E-state index contributed by atoms with van der Waals surface area (Å²) in [6.45, 7) is 7.37. The van der Waals surface area contributed by atoms with Crippen LogP contribution in [-0.4, -0.2) is 35.3 Å². The molecule has 2 aromatic heterocycles. The van der Waals surface area contributed by atoms with E-state index in [0.29, 0.717) is 49.2 Å². The number of methoxy groups -OCH3 is 1. The van der Waals surface area contributed by atoms with E-state index >= 15 is 0 Å². The van der Waals surface area contributed by atoms with Crippen molar-refractivity contribution in [2.75, 3.05) is 13.7 Å². The van der Waals surface area contributed by atoms with Crippen molar-refractivity contribution in [2.45, 2.75) is 39.8 Å². The number of benzene rings is 2. The van der Waals surface area contributed by atoms with Crippen LogP contribution < -0.4 is 24.4 Å². The Bertz CT molecular complexity index is 1930. The van der Waals surface area contributed by atoms with Crippen LogP contribution in [0.1, 0.15) is 45.1 Å².